The summed E-state index contributed by atoms with van der Waals surface area (Å²) >= 11 is 0. The molecule has 0 saturated carbocycles. The largest absolute Gasteiger partial charge is 0.310 e. The molecule has 11 aromatic carbocycles. The molecule has 1 nitrogen and oxygen atoms in total. The van der Waals surface area contributed by atoms with Gasteiger partial charge in [-0.15, -0.1) is 0 Å². The molecule has 13 rings (SSSR count). The van der Waals surface area contributed by atoms with Crippen LogP contribution in [0.15, 0.2) is 285 Å². The zero-order valence-electron chi connectivity index (χ0n) is 38.1. The Morgan fingerprint density at radius 3 is 1.20 bits per heavy atom. The van der Waals surface area contributed by atoms with E-state index < -0.39 is 10.8 Å². The van der Waals surface area contributed by atoms with Crippen LogP contribution in [0.3, 0.4) is 0 Å². The first kappa shape index (κ1) is 40.5. The number of rotatable bonds is 9. The van der Waals surface area contributed by atoms with Crippen molar-refractivity contribution in [2.45, 2.75) is 10.8 Å². The van der Waals surface area contributed by atoms with Gasteiger partial charge in [0.15, 0.2) is 0 Å². The molecule has 2 aliphatic rings. The first-order valence-electron chi connectivity index (χ1n) is 24.0. The highest BCUT2D eigenvalue weighted by Gasteiger charge is 2.47. The first-order valence-corrected chi connectivity index (χ1v) is 24.0. The molecule has 0 aliphatic heterocycles. The fourth-order valence-electron chi connectivity index (χ4n) is 12.0. The molecule has 324 valence electrons. The van der Waals surface area contributed by atoms with Crippen LogP contribution in [0, 0.1) is 0 Å². The summed E-state index contributed by atoms with van der Waals surface area (Å²) < 4.78 is 0. The third-order valence-corrected chi connectivity index (χ3v) is 14.8. The quantitative estimate of drug-likeness (QED) is 0.140. The average Bonchev–Trinajstić information content (AvgIpc) is 3.90. The number of para-hydroxylation sites is 1. The van der Waals surface area contributed by atoms with Crippen LogP contribution >= 0.6 is 0 Å². The highest BCUT2D eigenvalue weighted by atomic mass is 15.1. The summed E-state index contributed by atoms with van der Waals surface area (Å²) in [5.74, 6) is 0. The van der Waals surface area contributed by atoms with Crippen molar-refractivity contribution in [2.75, 3.05) is 4.90 Å². The number of nitrogens with zero attached hydrogens (tertiary/aromatic N) is 1. The molecule has 0 aromatic heterocycles. The minimum absolute atomic E-state index is 0.450. The van der Waals surface area contributed by atoms with Crippen molar-refractivity contribution in [1.82, 2.24) is 0 Å². The molecule has 11 aromatic rings. The van der Waals surface area contributed by atoms with E-state index >= 15 is 0 Å². The number of hydrogen-bond acceptors (Lipinski definition) is 1. The molecule has 0 radical (unpaired) electrons. The molecule has 1 heteroatoms. The number of hydrogen-bond donors (Lipinski definition) is 0. The van der Waals surface area contributed by atoms with Gasteiger partial charge in [0.1, 0.15) is 0 Å². The van der Waals surface area contributed by atoms with E-state index in [9.17, 15) is 0 Å². The van der Waals surface area contributed by atoms with Crippen LogP contribution in [0.2, 0.25) is 0 Å². The van der Waals surface area contributed by atoms with E-state index in [1.54, 1.807) is 0 Å². The normalized spacial score (nSPS) is 13.4. The van der Waals surface area contributed by atoms with Crippen LogP contribution < -0.4 is 4.90 Å². The summed E-state index contributed by atoms with van der Waals surface area (Å²) in [5.41, 5.74) is 22.3. The van der Waals surface area contributed by atoms with Gasteiger partial charge in [-0.25, -0.2) is 0 Å². The highest BCUT2D eigenvalue weighted by Crippen LogP contribution is 2.59. The van der Waals surface area contributed by atoms with E-state index in [-0.39, 0.29) is 0 Å². The number of benzene rings is 11. The lowest BCUT2D eigenvalue weighted by Gasteiger charge is -2.35. The van der Waals surface area contributed by atoms with E-state index in [0.717, 1.165) is 28.2 Å². The van der Waals surface area contributed by atoms with E-state index in [1.165, 1.54) is 77.9 Å². The van der Waals surface area contributed by atoms with Crippen LogP contribution in [0.5, 0.6) is 0 Å². The van der Waals surface area contributed by atoms with E-state index in [0.29, 0.717) is 0 Å². The van der Waals surface area contributed by atoms with E-state index in [2.05, 4.69) is 290 Å². The number of fused-ring (bicyclic) bond motifs is 6. The molecule has 69 heavy (non-hydrogen) atoms. The van der Waals surface area contributed by atoms with E-state index in [1.807, 2.05) is 0 Å². The van der Waals surface area contributed by atoms with Crippen molar-refractivity contribution in [2.24, 2.45) is 0 Å². The molecule has 0 atom stereocenters. The summed E-state index contributed by atoms with van der Waals surface area (Å²) in [6, 6.07) is 105. The summed E-state index contributed by atoms with van der Waals surface area (Å²) in [6.45, 7) is 0. The molecule has 2 aliphatic carbocycles. The van der Waals surface area contributed by atoms with Crippen molar-refractivity contribution in [3.8, 4) is 44.5 Å². The molecule has 0 saturated heterocycles. The van der Waals surface area contributed by atoms with Gasteiger partial charge in [-0.1, -0.05) is 249 Å². The van der Waals surface area contributed by atoms with Crippen LogP contribution in [0.1, 0.15) is 44.5 Å². The molecule has 0 amide bonds. The van der Waals surface area contributed by atoms with Crippen molar-refractivity contribution in [3.05, 3.63) is 330 Å². The maximum atomic E-state index is 2.48. The predicted molar refractivity (Wildman–Crippen MR) is 287 cm³/mol. The smallest absolute Gasteiger partial charge is 0.0714 e. The summed E-state index contributed by atoms with van der Waals surface area (Å²) in [6.07, 6.45) is 0. The van der Waals surface area contributed by atoms with Crippen LogP contribution in [-0.2, 0) is 10.8 Å². The van der Waals surface area contributed by atoms with Crippen LogP contribution in [0.25, 0.3) is 44.5 Å². The summed E-state index contributed by atoms with van der Waals surface area (Å²) in [7, 11) is 0. The molecule has 0 unspecified atom stereocenters. The summed E-state index contributed by atoms with van der Waals surface area (Å²) in [4.78, 5) is 2.48. The molecule has 0 fully saturated rings. The molecular weight excluding hydrogens is 831 g/mol. The Balaban J connectivity index is 1.02. The zero-order valence-corrected chi connectivity index (χ0v) is 38.1. The minimum Gasteiger partial charge on any atom is -0.310 e. The molecule has 0 bridgehead atoms. The maximum absolute atomic E-state index is 2.48. The zero-order chi connectivity index (χ0) is 45.8. The van der Waals surface area contributed by atoms with Gasteiger partial charge in [0.25, 0.3) is 0 Å². The Kier molecular flexibility index (Phi) is 9.70. The molecule has 0 N–H and O–H groups in total. The van der Waals surface area contributed by atoms with E-state index in [4.69, 9.17) is 0 Å². The molecular formula is C68H47N. The maximum Gasteiger partial charge on any atom is 0.0714 e. The Bertz CT molecular complexity index is 3570. The lowest BCUT2D eigenvalue weighted by Crippen LogP contribution is -2.28. The second kappa shape index (κ2) is 16.5. The second-order valence-electron chi connectivity index (χ2n) is 18.3. The van der Waals surface area contributed by atoms with Gasteiger partial charge in [0.05, 0.1) is 16.5 Å². The lowest BCUT2D eigenvalue weighted by atomic mass is 9.67. The van der Waals surface area contributed by atoms with Crippen molar-refractivity contribution < 1.29 is 0 Å². The van der Waals surface area contributed by atoms with Gasteiger partial charge in [-0.3, -0.25) is 0 Å². The second-order valence-corrected chi connectivity index (χ2v) is 18.3. The third-order valence-electron chi connectivity index (χ3n) is 14.8. The summed E-state index contributed by atoms with van der Waals surface area (Å²) in [5, 5.41) is 0. The average molecular weight is 878 g/mol. The van der Waals surface area contributed by atoms with Crippen LogP contribution in [-0.4, -0.2) is 0 Å². The molecule has 0 spiro atoms. The highest BCUT2D eigenvalue weighted by molar-refractivity contribution is 5.94. The topological polar surface area (TPSA) is 3.24 Å². The Labute approximate surface area is 404 Å². The minimum atomic E-state index is -0.535. The SMILES string of the molecule is c1ccc(-c2ccccc2N(c2cccc(-c3ccc4c(c3)-c3ccccc3C4(c3ccccc3)c3ccccc3)c2)c2ccc3c(c2)C(c2ccccc2)(c2ccccc2)c2ccccc2-3)cc1. The standard InChI is InChI=1S/C68H47N/c1-6-23-48(24-7-1)57-35-18-21-40-66(57)69(56-42-43-60-58-36-16-19-38-62(58)68(65(60)47-56,53-30-12-4-13-31-53)54-32-14-5-15-33-54)55-34-22-25-49(45-55)50-41-44-64-61(46-50)59-37-17-20-39-63(59)67(64,51-26-8-2-9-27-51)52-28-10-3-11-29-52/h1-47H. The fraction of sp³-hybridized carbons (Fsp3) is 0.0294. The Hall–Kier alpha value is -8.78. The molecule has 0 heterocycles. The van der Waals surface area contributed by atoms with Gasteiger partial charge in [-0.2, -0.15) is 0 Å². The number of anilines is 3. The van der Waals surface area contributed by atoms with Gasteiger partial charge >= 0.3 is 0 Å². The van der Waals surface area contributed by atoms with Gasteiger partial charge in [0, 0.05) is 16.9 Å². The van der Waals surface area contributed by atoms with Gasteiger partial charge < -0.3 is 4.90 Å². The van der Waals surface area contributed by atoms with Crippen molar-refractivity contribution in [1.29, 1.82) is 0 Å². The van der Waals surface area contributed by atoms with Crippen molar-refractivity contribution >= 4 is 17.1 Å². The monoisotopic (exact) mass is 877 g/mol. The predicted octanol–water partition coefficient (Wildman–Crippen LogP) is 17.2. The first-order chi connectivity index (χ1) is 34.2. The van der Waals surface area contributed by atoms with Crippen molar-refractivity contribution in [3.63, 3.8) is 0 Å². The van der Waals surface area contributed by atoms with Gasteiger partial charge in [0.2, 0.25) is 0 Å². The Morgan fingerprint density at radius 2 is 0.623 bits per heavy atom. The Morgan fingerprint density at radius 1 is 0.217 bits per heavy atom. The third kappa shape index (κ3) is 6.24. The van der Waals surface area contributed by atoms with Gasteiger partial charge in [-0.05, 0) is 120 Å². The van der Waals surface area contributed by atoms with Crippen LogP contribution in [0.4, 0.5) is 17.1 Å². The fourth-order valence-corrected chi connectivity index (χ4v) is 12.0. The lowest BCUT2D eigenvalue weighted by molar-refractivity contribution is 0.768.